The minimum Gasteiger partial charge on any atom is -0.387 e. The molecule has 69 heavy (non-hydrogen) atoms. The second-order valence-electron chi connectivity index (χ2n) is 16.8. The van der Waals surface area contributed by atoms with Crippen LogP contribution >= 0.6 is 11.6 Å². The topological polar surface area (TPSA) is 313 Å². The largest absolute Gasteiger partial charge is 0.387 e. The number of nitrogens with two attached hydrogens (primary N) is 2. The summed E-state index contributed by atoms with van der Waals surface area (Å²) in [6, 6.07) is 18.2. The summed E-state index contributed by atoms with van der Waals surface area (Å²) in [6.07, 6.45) is 2.23. The van der Waals surface area contributed by atoms with Crippen LogP contribution in [0.3, 0.4) is 0 Å². The molecule has 1 saturated heterocycles. The highest BCUT2D eigenvalue weighted by Crippen LogP contribution is 2.20. The van der Waals surface area contributed by atoms with E-state index in [9.17, 15) is 38.4 Å². The number of amides is 8. The number of likely N-dealkylation sites (tertiary alicyclic amines) is 1. The molecule has 2 heterocycles. The van der Waals surface area contributed by atoms with Crippen LogP contribution in [0, 0.1) is 5.41 Å². The Bertz CT molecular complexity index is 2490. The van der Waals surface area contributed by atoms with E-state index < -0.39 is 90.1 Å². The molecule has 366 valence electrons. The Morgan fingerprint density at radius 2 is 1.38 bits per heavy atom. The van der Waals surface area contributed by atoms with Crippen molar-refractivity contribution in [2.24, 2.45) is 11.5 Å². The molecule has 21 heteroatoms. The summed E-state index contributed by atoms with van der Waals surface area (Å²) >= 11 is 6.15. The van der Waals surface area contributed by atoms with E-state index in [1.54, 1.807) is 42.5 Å². The summed E-state index contributed by atoms with van der Waals surface area (Å²) in [6.45, 7) is 2.40. The molecule has 1 fully saturated rings. The molecule has 1 aromatic heterocycles. The molecule has 12 N–H and O–H groups in total. The predicted molar refractivity (Wildman–Crippen MR) is 258 cm³/mol. The first-order valence-corrected chi connectivity index (χ1v) is 22.9. The maximum Gasteiger partial charge on any atom is 0.245 e. The smallest absolute Gasteiger partial charge is 0.245 e. The SMILES string of the molecule is CC(=O)N[C@H](Cc1ccc2ccccc2c1)C(=O)N[C@H](Cc1ccc(Cl)cc1)C(=O)N[C@H](Cc1ccccn1)C(=O)NCC(=O)N[C@@H](CCNCC(=N)N)C(=O)N1CCC[C@H]1C(=O)N[C@H](C)C(N)=O. The van der Waals surface area contributed by atoms with E-state index in [-0.39, 0.29) is 51.2 Å². The number of primary amides is 1. The number of hydrogen-bond acceptors (Lipinski definition) is 11. The number of benzene rings is 3. The van der Waals surface area contributed by atoms with Gasteiger partial charge in [0, 0.05) is 49.6 Å². The number of carbonyl (C=O) groups is 8. The zero-order valence-corrected chi connectivity index (χ0v) is 39.1. The molecule has 1 aliphatic rings. The Hall–Kier alpha value is -7.45. The minimum atomic E-state index is -1.34. The van der Waals surface area contributed by atoms with Crippen LogP contribution in [0.25, 0.3) is 10.8 Å². The van der Waals surface area contributed by atoms with E-state index in [0.29, 0.717) is 29.1 Å². The highest BCUT2D eigenvalue weighted by atomic mass is 35.5. The number of fused-ring (bicyclic) bond motifs is 1. The highest BCUT2D eigenvalue weighted by Gasteiger charge is 2.38. The summed E-state index contributed by atoms with van der Waals surface area (Å²) in [7, 11) is 0. The molecular formula is C48H59ClN12O8. The molecule has 0 radical (unpaired) electrons. The Balaban J connectivity index is 1.33. The average molecular weight is 968 g/mol. The lowest BCUT2D eigenvalue weighted by molar-refractivity contribution is -0.142. The lowest BCUT2D eigenvalue weighted by Crippen LogP contribution is -2.59. The van der Waals surface area contributed by atoms with Crippen molar-refractivity contribution < 1.29 is 38.4 Å². The fraction of sp³-hybridized carbons (Fsp3) is 0.375. The summed E-state index contributed by atoms with van der Waals surface area (Å²) in [5, 5.41) is 28.7. The molecule has 3 aromatic carbocycles. The normalized spacial score (nSPS) is 15.3. The zero-order valence-electron chi connectivity index (χ0n) is 38.4. The molecule has 0 spiro atoms. The van der Waals surface area contributed by atoms with Gasteiger partial charge in [0.1, 0.15) is 42.1 Å². The fourth-order valence-corrected chi connectivity index (χ4v) is 7.88. The van der Waals surface area contributed by atoms with Crippen molar-refractivity contribution in [2.45, 2.75) is 88.6 Å². The lowest BCUT2D eigenvalue weighted by atomic mass is 10.00. The number of aromatic nitrogens is 1. The first-order chi connectivity index (χ1) is 33.0. The third-order valence-electron chi connectivity index (χ3n) is 11.3. The van der Waals surface area contributed by atoms with Gasteiger partial charge in [-0.1, -0.05) is 72.3 Å². The Morgan fingerprint density at radius 1 is 0.739 bits per heavy atom. The number of rotatable bonds is 24. The number of hydrogen-bond donors (Lipinski definition) is 10. The molecule has 6 atom stereocenters. The van der Waals surface area contributed by atoms with Crippen LogP contribution < -0.4 is 48.7 Å². The second-order valence-corrected chi connectivity index (χ2v) is 17.2. The molecule has 4 aromatic rings. The molecule has 1 aliphatic heterocycles. The van der Waals surface area contributed by atoms with E-state index in [4.69, 9.17) is 28.5 Å². The standard InChI is InChI=1S/C48H59ClN12O8/c1-28(43(52)64)56-47(68)40-11-7-21-61(40)48(69)36(18-20-53-26-41(50)51)58-42(63)27-55-44(65)39(25-35-10-5-6-19-54-35)60-46(67)38(23-30-13-16-34(49)17-14-30)59-45(66)37(57-29(2)62)24-31-12-15-32-8-3-4-9-33(32)22-31/h3-6,8-10,12-17,19,22,28,36-40,53H,7,11,18,20-21,23-27H2,1-2H3,(H3,50,51)(H2,52,64)(H,55,65)(H,56,68)(H,57,62)(H,58,63)(H,59,66)(H,60,67)/t28-,36+,37-,38-,39-,40+/m1/s1. The molecular weight excluding hydrogens is 908 g/mol. The van der Waals surface area contributed by atoms with E-state index in [0.717, 1.165) is 16.3 Å². The van der Waals surface area contributed by atoms with Crippen LogP contribution in [0.4, 0.5) is 0 Å². The molecule has 5 rings (SSSR count). The summed E-state index contributed by atoms with van der Waals surface area (Å²) in [5.41, 5.74) is 12.6. The molecule has 20 nitrogen and oxygen atoms in total. The minimum absolute atomic E-state index is 0.0124. The third kappa shape index (κ3) is 16.4. The van der Waals surface area contributed by atoms with Gasteiger partial charge in [-0.15, -0.1) is 0 Å². The van der Waals surface area contributed by atoms with Gasteiger partial charge in [-0.2, -0.15) is 0 Å². The van der Waals surface area contributed by atoms with Gasteiger partial charge >= 0.3 is 0 Å². The van der Waals surface area contributed by atoms with E-state index in [1.807, 2.05) is 42.5 Å². The van der Waals surface area contributed by atoms with Crippen molar-refractivity contribution in [3.05, 3.63) is 113 Å². The second kappa shape index (κ2) is 25.6. The van der Waals surface area contributed by atoms with Gasteiger partial charge in [0.25, 0.3) is 0 Å². The maximum absolute atomic E-state index is 14.4. The number of amidine groups is 1. The molecule has 0 saturated carbocycles. The molecule has 0 bridgehead atoms. The fourth-order valence-electron chi connectivity index (χ4n) is 7.75. The van der Waals surface area contributed by atoms with Gasteiger partial charge < -0.3 is 53.6 Å². The Labute approximate surface area is 404 Å². The van der Waals surface area contributed by atoms with Crippen molar-refractivity contribution in [3.8, 4) is 0 Å². The third-order valence-corrected chi connectivity index (χ3v) is 11.6. The van der Waals surface area contributed by atoms with Gasteiger partial charge in [-0.25, -0.2) is 0 Å². The molecule has 0 aliphatic carbocycles. The van der Waals surface area contributed by atoms with Gasteiger partial charge in [-0.3, -0.25) is 48.7 Å². The first-order valence-electron chi connectivity index (χ1n) is 22.5. The van der Waals surface area contributed by atoms with Crippen LogP contribution in [-0.4, -0.2) is 125 Å². The number of nitrogens with zero attached hydrogens (tertiary/aromatic N) is 2. The summed E-state index contributed by atoms with van der Waals surface area (Å²) in [5.74, 6) is -5.52. The van der Waals surface area contributed by atoms with E-state index in [2.05, 4.69) is 42.2 Å². The number of halogens is 1. The van der Waals surface area contributed by atoms with E-state index in [1.165, 1.54) is 24.9 Å². The quantitative estimate of drug-likeness (QED) is 0.0251. The van der Waals surface area contributed by atoms with Gasteiger partial charge in [0.05, 0.1) is 13.1 Å². The van der Waals surface area contributed by atoms with Crippen LogP contribution in [0.5, 0.6) is 0 Å². The van der Waals surface area contributed by atoms with Gasteiger partial charge in [-0.05, 0) is 78.9 Å². The highest BCUT2D eigenvalue weighted by molar-refractivity contribution is 6.30. The van der Waals surface area contributed by atoms with Crippen molar-refractivity contribution in [1.82, 2.24) is 47.1 Å². The van der Waals surface area contributed by atoms with E-state index >= 15 is 0 Å². The molecule has 8 amide bonds. The number of nitrogens with one attached hydrogen (secondary N) is 8. The molecule has 0 unspecified atom stereocenters. The first kappa shape index (κ1) is 52.5. The zero-order chi connectivity index (χ0) is 50.0. The lowest BCUT2D eigenvalue weighted by Gasteiger charge is -2.29. The number of pyridine rings is 1. The predicted octanol–water partition coefficient (Wildman–Crippen LogP) is -0.112. The monoisotopic (exact) mass is 966 g/mol. The van der Waals surface area contributed by atoms with Crippen LogP contribution in [0.2, 0.25) is 5.02 Å². The Morgan fingerprint density at radius 3 is 2.03 bits per heavy atom. The van der Waals surface area contributed by atoms with Crippen LogP contribution in [-0.2, 0) is 57.6 Å². The van der Waals surface area contributed by atoms with Crippen molar-refractivity contribution in [1.29, 1.82) is 5.41 Å². The van der Waals surface area contributed by atoms with Gasteiger partial charge in [0.2, 0.25) is 47.3 Å². The average Bonchev–Trinajstić information content (AvgIpc) is 3.82. The van der Waals surface area contributed by atoms with Crippen molar-refractivity contribution in [2.75, 3.05) is 26.2 Å². The summed E-state index contributed by atoms with van der Waals surface area (Å²) < 4.78 is 0. The van der Waals surface area contributed by atoms with Crippen LogP contribution in [0.15, 0.2) is 91.1 Å². The van der Waals surface area contributed by atoms with Gasteiger partial charge in [0.15, 0.2) is 0 Å². The van der Waals surface area contributed by atoms with Crippen molar-refractivity contribution in [3.63, 3.8) is 0 Å². The maximum atomic E-state index is 14.4. The number of carbonyl (C=O) groups excluding carboxylic acids is 8. The Kier molecular flexibility index (Phi) is 19.5. The van der Waals surface area contributed by atoms with Crippen molar-refractivity contribution >= 4 is 75.5 Å². The summed E-state index contributed by atoms with van der Waals surface area (Å²) in [4.78, 5) is 113. The van der Waals surface area contributed by atoms with Crippen LogP contribution in [0.1, 0.15) is 49.9 Å².